The van der Waals surface area contributed by atoms with Gasteiger partial charge in [-0.2, -0.15) is 0 Å². The lowest BCUT2D eigenvalue weighted by molar-refractivity contribution is -0.145. The molecule has 0 spiro atoms. The Kier molecular flexibility index (Phi) is 5.23. The van der Waals surface area contributed by atoms with Gasteiger partial charge in [0.25, 0.3) is 0 Å². The van der Waals surface area contributed by atoms with Crippen LogP contribution in [0.2, 0.25) is 0 Å². The number of carbonyl (C=O) groups is 2. The lowest BCUT2D eigenvalue weighted by Gasteiger charge is -2.24. The summed E-state index contributed by atoms with van der Waals surface area (Å²) in [6.45, 7) is 0.678. The van der Waals surface area contributed by atoms with Crippen LogP contribution in [-0.4, -0.2) is 55.7 Å². The number of urea groups is 1. The van der Waals surface area contributed by atoms with Crippen molar-refractivity contribution in [3.63, 3.8) is 0 Å². The first-order valence-corrected chi connectivity index (χ1v) is 7.45. The standard InChI is InChI=1S/C14H25N3O3/c1-17-9-11(8-12(17)13(18)20-2)16-14(19)15-10-6-4-3-5-7-10/h10-12H,3-9H2,1-2H3,(H2,15,16,19)/t11-,12-/m0/s1. The van der Waals surface area contributed by atoms with Crippen LogP contribution in [0.15, 0.2) is 0 Å². The van der Waals surface area contributed by atoms with Gasteiger partial charge in [-0.3, -0.25) is 9.69 Å². The first kappa shape index (κ1) is 15.1. The summed E-state index contributed by atoms with van der Waals surface area (Å²) in [5.41, 5.74) is 0. The zero-order valence-electron chi connectivity index (χ0n) is 12.4. The Bertz CT molecular complexity index is 356. The fourth-order valence-corrected chi connectivity index (χ4v) is 3.18. The summed E-state index contributed by atoms with van der Waals surface area (Å²) < 4.78 is 4.77. The van der Waals surface area contributed by atoms with Crippen molar-refractivity contribution in [3.05, 3.63) is 0 Å². The highest BCUT2D eigenvalue weighted by Crippen LogP contribution is 2.18. The molecule has 6 heteroatoms. The van der Waals surface area contributed by atoms with Crippen LogP contribution in [0.4, 0.5) is 4.79 Å². The van der Waals surface area contributed by atoms with Gasteiger partial charge in [0.2, 0.25) is 0 Å². The normalized spacial score (nSPS) is 28.1. The number of hydrogen-bond donors (Lipinski definition) is 2. The number of nitrogens with zero attached hydrogens (tertiary/aromatic N) is 1. The van der Waals surface area contributed by atoms with E-state index in [-0.39, 0.29) is 24.1 Å². The molecule has 114 valence electrons. The highest BCUT2D eigenvalue weighted by molar-refractivity contribution is 5.77. The SMILES string of the molecule is COC(=O)[C@@H]1C[C@H](NC(=O)NC2CCCCC2)CN1C. The molecule has 1 heterocycles. The molecule has 1 aliphatic heterocycles. The molecule has 2 aliphatic rings. The van der Waals surface area contributed by atoms with Gasteiger partial charge >= 0.3 is 12.0 Å². The molecule has 2 rings (SSSR count). The van der Waals surface area contributed by atoms with E-state index in [4.69, 9.17) is 4.74 Å². The molecule has 0 unspecified atom stereocenters. The third kappa shape index (κ3) is 3.85. The van der Waals surface area contributed by atoms with Gasteiger partial charge < -0.3 is 15.4 Å². The summed E-state index contributed by atoms with van der Waals surface area (Å²) in [5.74, 6) is -0.232. The number of likely N-dealkylation sites (tertiary alicyclic amines) is 1. The quantitative estimate of drug-likeness (QED) is 0.754. The Labute approximate surface area is 120 Å². The molecule has 6 nitrogen and oxygen atoms in total. The molecule has 2 amide bonds. The Morgan fingerprint density at radius 1 is 1.10 bits per heavy atom. The van der Waals surface area contributed by atoms with Crippen LogP contribution in [0.5, 0.6) is 0 Å². The second kappa shape index (κ2) is 6.92. The third-order valence-corrected chi connectivity index (χ3v) is 4.30. The number of hydrogen-bond acceptors (Lipinski definition) is 4. The molecule has 2 N–H and O–H groups in total. The first-order valence-electron chi connectivity index (χ1n) is 7.45. The van der Waals surface area contributed by atoms with Crippen molar-refractivity contribution in [2.24, 2.45) is 0 Å². The zero-order valence-corrected chi connectivity index (χ0v) is 12.4. The summed E-state index contributed by atoms with van der Waals surface area (Å²) in [6, 6.07) is -0.0484. The van der Waals surface area contributed by atoms with Gasteiger partial charge in [-0.1, -0.05) is 19.3 Å². The van der Waals surface area contributed by atoms with Gasteiger partial charge in [0.05, 0.1) is 7.11 Å². The predicted octanol–water partition coefficient (Wildman–Crippen LogP) is 0.864. The molecule has 0 bridgehead atoms. The van der Waals surface area contributed by atoms with Crippen LogP contribution in [0, 0.1) is 0 Å². The maximum absolute atomic E-state index is 12.0. The molecule has 0 aromatic carbocycles. The summed E-state index contributed by atoms with van der Waals surface area (Å²) in [4.78, 5) is 25.5. The highest BCUT2D eigenvalue weighted by atomic mass is 16.5. The third-order valence-electron chi connectivity index (χ3n) is 4.30. The molecular formula is C14H25N3O3. The Morgan fingerprint density at radius 2 is 1.75 bits per heavy atom. The van der Waals surface area contributed by atoms with Crippen LogP contribution < -0.4 is 10.6 Å². The van der Waals surface area contributed by atoms with Crippen LogP contribution >= 0.6 is 0 Å². The number of ether oxygens (including phenoxy) is 1. The highest BCUT2D eigenvalue weighted by Gasteiger charge is 2.36. The van der Waals surface area contributed by atoms with Crippen molar-refractivity contribution in [2.45, 2.75) is 56.7 Å². The Balaban J connectivity index is 1.76. The largest absolute Gasteiger partial charge is 0.468 e. The molecule has 2 atom stereocenters. The second-order valence-electron chi connectivity index (χ2n) is 5.86. The number of likely N-dealkylation sites (N-methyl/N-ethyl adjacent to an activating group) is 1. The topological polar surface area (TPSA) is 70.7 Å². The molecule has 1 saturated carbocycles. The first-order chi connectivity index (χ1) is 9.60. The number of carbonyl (C=O) groups excluding carboxylic acids is 2. The molecule has 1 saturated heterocycles. The van der Waals surface area contributed by atoms with Gasteiger partial charge in [0, 0.05) is 18.6 Å². The monoisotopic (exact) mass is 283 g/mol. The van der Waals surface area contributed by atoms with Crippen molar-refractivity contribution in [3.8, 4) is 0 Å². The average molecular weight is 283 g/mol. The number of esters is 1. The molecular weight excluding hydrogens is 258 g/mol. The Morgan fingerprint density at radius 3 is 2.40 bits per heavy atom. The Hall–Kier alpha value is -1.30. The summed E-state index contributed by atoms with van der Waals surface area (Å²) >= 11 is 0. The van der Waals surface area contributed by atoms with Gasteiger partial charge in [0.15, 0.2) is 0 Å². The van der Waals surface area contributed by atoms with E-state index in [0.717, 1.165) is 12.8 Å². The van der Waals surface area contributed by atoms with Crippen molar-refractivity contribution in [1.29, 1.82) is 0 Å². The van der Waals surface area contributed by atoms with Gasteiger partial charge in [0.1, 0.15) is 6.04 Å². The van der Waals surface area contributed by atoms with E-state index in [9.17, 15) is 9.59 Å². The number of nitrogens with one attached hydrogen (secondary N) is 2. The summed E-state index contributed by atoms with van der Waals surface area (Å²) in [7, 11) is 3.27. The van der Waals surface area contributed by atoms with Crippen LogP contribution in [-0.2, 0) is 9.53 Å². The van der Waals surface area contributed by atoms with Crippen molar-refractivity contribution in [1.82, 2.24) is 15.5 Å². The van der Waals surface area contributed by atoms with E-state index in [1.807, 2.05) is 11.9 Å². The number of amides is 2. The van der Waals surface area contributed by atoms with E-state index in [1.54, 1.807) is 0 Å². The number of methoxy groups -OCH3 is 1. The lowest BCUT2D eigenvalue weighted by Crippen LogP contribution is -2.47. The zero-order chi connectivity index (χ0) is 14.5. The second-order valence-corrected chi connectivity index (χ2v) is 5.86. The fourth-order valence-electron chi connectivity index (χ4n) is 3.18. The van der Waals surface area contributed by atoms with E-state index >= 15 is 0 Å². The van der Waals surface area contributed by atoms with Crippen LogP contribution in [0.3, 0.4) is 0 Å². The molecule has 0 radical (unpaired) electrons. The molecule has 0 aromatic rings. The molecule has 2 fully saturated rings. The lowest BCUT2D eigenvalue weighted by atomic mass is 9.96. The van der Waals surface area contributed by atoms with Gasteiger partial charge in [-0.25, -0.2) is 4.79 Å². The summed E-state index contributed by atoms with van der Waals surface area (Å²) in [6.07, 6.45) is 6.42. The van der Waals surface area contributed by atoms with Crippen molar-refractivity contribution >= 4 is 12.0 Å². The van der Waals surface area contributed by atoms with Gasteiger partial charge in [-0.05, 0) is 26.3 Å². The smallest absolute Gasteiger partial charge is 0.323 e. The van der Waals surface area contributed by atoms with E-state index in [0.29, 0.717) is 19.0 Å². The molecule has 0 aromatic heterocycles. The maximum atomic E-state index is 12.0. The van der Waals surface area contributed by atoms with Crippen molar-refractivity contribution < 1.29 is 14.3 Å². The van der Waals surface area contributed by atoms with E-state index < -0.39 is 0 Å². The van der Waals surface area contributed by atoms with Crippen LogP contribution in [0.25, 0.3) is 0 Å². The van der Waals surface area contributed by atoms with Gasteiger partial charge in [-0.15, -0.1) is 0 Å². The predicted molar refractivity (Wildman–Crippen MR) is 75.4 cm³/mol. The fraction of sp³-hybridized carbons (Fsp3) is 0.857. The average Bonchev–Trinajstić information content (AvgIpc) is 2.79. The molecule has 20 heavy (non-hydrogen) atoms. The minimum absolute atomic E-state index is 0.00712. The maximum Gasteiger partial charge on any atom is 0.323 e. The number of rotatable bonds is 3. The van der Waals surface area contributed by atoms with Crippen molar-refractivity contribution in [2.75, 3.05) is 20.7 Å². The van der Waals surface area contributed by atoms with E-state index in [2.05, 4.69) is 10.6 Å². The summed E-state index contributed by atoms with van der Waals surface area (Å²) in [5, 5.41) is 6.00. The molecule has 1 aliphatic carbocycles. The minimum atomic E-state index is -0.250. The van der Waals surface area contributed by atoms with E-state index in [1.165, 1.54) is 26.4 Å². The van der Waals surface area contributed by atoms with Crippen LogP contribution in [0.1, 0.15) is 38.5 Å². The minimum Gasteiger partial charge on any atom is -0.468 e.